The van der Waals surface area contributed by atoms with Crippen molar-refractivity contribution in [3.63, 3.8) is 0 Å². The van der Waals surface area contributed by atoms with E-state index in [1.807, 2.05) is 0 Å². The van der Waals surface area contributed by atoms with Crippen LogP contribution in [0.25, 0.3) is 0 Å². The Balaban J connectivity index is 2.00. The molecule has 0 bridgehead atoms. The SMILES string of the molecule is CCCNCc1ccc(N2CCCC(C)CC2)nc1C. The van der Waals surface area contributed by atoms with Gasteiger partial charge in [0.25, 0.3) is 0 Å². The van der Waals surface area contributed by atoms with Crippen molar-refractivity contribution in [2.75, 3.05) is 24.5 Å². The van der Waals surface area contributed by atoms with Crippen LogP contribution in [0.15, 0.2) is 12.1 Å². The second-order valence-electron chi connectivity index (χ2n) is 6.11. The molecule has 20 heavy (non-hydrogen) atoms. The molecular formula is C17H29N3. The lowest BCUT2D eigenvalue weighted by atomic mass is 10.0. The molecule has 2 heterocycles. The van der Waals surface area contributed by atoms with Gasteiger partial charge in [0, 0.05) is 25.3 Å². The largest absolute Gasteiger partial charge is 0.357 e. The van der Waals surface area contributed by atoms with Crippen LogP contribution in [0.5, 0.6) is 0 Å². The van der Waals surface area contributed by atoms with Gasteiger partial charge in [0.2, 0.25) is 0 Å². The maximum atomic E-state index is 4.83. The molecule has 1 unspecified atom stereocenters. The van der Waals surface area contributed by atoms with Crippen molar-refractivity contribution in [2.45, 2.75) is 53.0 Å². The van der Waals surface area contributed by atoms with Crippen LogP contribution in [0.1, 0.15) is 50.8 Å². The minimum Gasteiger partial charge on any atom is -0.357 e. The number of aromatic nitrogens is 1. The Bertz CT molecular complexity index is 417. The number of aryl methyl sites for hydroxylation is 1. The molecule has 0 radical (unpaired) electrons. The van der Waals surface area contributed by atoms with Crippen LogP contribution in [0.3, 0.4) is 0 Å². The van der Waals surface area contributed by atoms with Crippen molar-refractivity contribution < 1.29 is 0 Å². The lowest BCUT2D eigenvalue weighted by Crippen LogP contribution is -2.25. The smallest absolute Gasteiger partial charge is 0.128 e. The molecule has 1 aliphatic rings. The third kappa shape index (κ3) is 4.20. The summed E-state index contributed by atoms with van der Waals surface area (Å²) in [5.74, 6) is 2.02. The molecule has 1 aromatic rings. The summed E-state index contributed by atoms with van der Waals surface area (Å²) in [6.45, 7) is 11.0. The van der Waals surface area contributed by atoms with Gasteiger partial charge in [-0.25, -0.2) is 4.98 Å². The van der Waals surface area contributed by atoms with E-state index in [9.17, 15) is 0 Å². The van der Waals surface area contributed by atoms with Gasteiger partial charge in [0.05, 0.1) is 0 Å². The van der Waals surface area contributed by atoms with Crippen LogP contribution >= 0.6 is 0 Å². The van der Waals surface area contributed by atoms with Crippen molar-refractivity contribution in [1.29, 1.82) is 0 Å². The molecule has 1 N–H and O–H groups in total. The predicted molar refractivity (Wildman–Crippen MR) is 86.2 cm³/mol. The molecule has 2 rings (SSSR count). The number of nitrogens with one attached hydrogen (secondary N) is 1. The quantitative estimate of drug-likeness (QED) is 0.833. The lowest BCUT2D eigenvalue weighted by molar-refractivity contribution is 0.521. The molecule has 1 aromatic heterocycles. The molecule has 0 spiro atoms. The summed E-state index contributed by atoms with van der Waals surface area (Å²) in [7, 11) is 0. The van der Waals surface area contributed by atoms with E-state index in [2.05, 4.69) is 43.1 Å². The van der Waals surface area contributed by atoms with Crippen LogP contribution in [0, 0.1) is 12.8 Å². The van der Waals surface area contributed by atoms with E-state index in [1.54, 1.807) is 0 Å². The maximum absolute atomic E-state index is 4.83. The normalized spacial score (nSPS) is 19.9. The Morgan fingerprint density at radius 1 is 1.30 bits per heavy atom. The molecule has 1 fully saturated rings. The molecule has 112 valence electrons. The van der Waals surface area contributed by atoms with E-state index < -0.39 is 0 Å². The van der Waals surface area contributed by atoms with Crippen LogP contribution in [-0.4, -0.2) is 24.6 Å². The highest BCUT2D eigenvalue weighted by Gasteiger charge is 2.15. The van der Waals surface area contributed by atoms with Gasteiger partial charge in [0.15, 0.2) is 0 Å². The van der Waals surface area contributed by atoms with Crippen molar-refractivity contribution in [3.05, 3.63) is 23.4 Å². The second kappa shape index (κ2) is 7.63. The zero-order valence-corrected chi connectivity index (χ0v) is 13.3. The molecular weight excluding hydrogens is 246 g/mol. The minimum absolute atomic E-state index is 0.860. The van der Waals surface area contributed by atoms with E-state index in [0.717, 1.165) is 37.9 Å². The molecule has 0 saturated carbocycles. The third-order valence-electron chi connectivity index (χ3n) is 4.26. The lowest BCUT2D eigenvalue weighted by Gasteiger charge is -2.22. The fraction of sp³-hybridized carbons (Fsp3) is 0.706. The first-order valence-corrected chi connectivity index (χ1v) is 8.13. The maximum Gasteiger partial charge on any atom is 0.128 e. The Morgan fingerprint density at radius 2 is 2.15 bits per heavy atom. The fourth-order valence-corrected chi connectivity index (χ4v) is 2.83. The average molecular weight is 275 g/mol. The first-order valence-electron chi connectivity index (χ1n) is 8.13. The number of anilines is 1. The highest BCUT2D eigenvalue weighted by atomic mass is 15.2. The van der Waals surface area contributed by atoms with Crippen molar-refractivity contribution in [3.8, 4) is 0 Å². The van der Waals surface area contributed by atoms with E-state index in [-0.39, 0.29) is 0 Å². The van der Waals surface area contributed by atoms with Gasteiger partial charge in [0.1, 0.15) is 5.82 Å². The molecule has 1 aliphatic heterocycles. The summed E-state index contributed by atoms with van der Waals surface area (Å²) in [5, 5.41) is 3.45. The van der Waals surface area contributed by atoms with Crippen molar-refractivity contribution in [2.24, 2.45) is 5.92 Å². The zero-order valence-electron chi connectivity index (χ0n) is 13.3. The van der Waals surface area contributed by atoms with Gasteiger partial charge in [-0.2, -0.15) is 0 Å². The molecule has 0 amide bonds. The molecule has 3 nitrogen and oxygen atoms in total. The fourth-order valence-electron chi connectivity index (χ4n) is 2.83. The van der Waals surface area contributed by atoms with Crippen LogP contribution in [0.2, 0.25) is 0 Å². The second-order valence-corrected chi connectivity index (χ2v) is 6.11. The number of nitrogens with zero attached hydrogens (tertiary/aromatic N) is 2. The summed E-state index contributed by atoms with van der Waals surface area (Å²) < 4.78 is 0. The number of pyridine rings is 1. The van der Waals surface area contributed by atoms with Gasteiger partial charge in [-0.15, -0.1) is 0 Å². The topological polar surface area (TPSA) is 28.2 Å². The number of rotatable bonds is 5. The predicted octanol–water partition coefficient (Wildman–Crippen LogP) is 3.52. The van der Waals surface area contributed by atoms with Gasteiger partial charge < -0.3 is 10.2 Å². The van der Waals surface area contributed by atoms with E-state index in [1.165, 1.54) is 36.9 Å². The number of hydrogen-bond donors (Lipinski definition) is 1. The van der Waals surface area contributed by atoms with Gasteiger partial charge >= 0.3 is 0 Å². The van der Waals surface area contributed by atoms with Crippen LogP contribution in [0.4, 0.5) is 5.82 Å². The number of hydrogen-bond acceptors (Lipinski definition) is 3. The summed E-state index contributed by atoms with van der Waals surface area (Å²) >= 11 is 0. The highest BCUT2D eigenvalue weighted by molar-refractivity contribution is 5.41. The molecule has 0 aliphatic carbocycles. The van der Waals surface area contributed by atoms with Gasteiger partial charge in [-0.05, 0) is 56.7 Å². The standard InChI is InChI=1S/C17H29N3/c1-4-10-18-13-16-7-8-17(19-15(16)3)20-11-5-6-14(2)9-12-20/h7-8,14,18H,4-6,9-13H2,1-3H3. The average Bonchev–Trinajstić information content (AvgIpc) is 2.65. The summed E-state index contributed by atoms with van der Waals surface area (Å²) in [5.41, 5.74) is 2.49. The van der Waals surface area contributed by atoms with Crippen molar-refractivity contribution >= 4 is 5.82 Å². The zero-order chi connectivity index (χ0) is 14.4. The van der Waals surface area contributed by atoms with E-state index in [0.29, 0.717) is 0 Å². The Labute approximate surface area is 123 Å². The van der Waals surface area contributed by atoms with E-state index in [4.69, 9.17) is 4.98 Å². The summed E-state index contributed by atoms with van der Waals surface area (Å²) in [6, 6.07) is 4.45. The molecule has 1 saturated heterocycles. The molecule has 0 aromatic carbocycles. The first-order chi connectivity index (χ1) is 9.70. The third-order valence-corrected chi connectivity index (χ3v) is 4.26. The van der Waals surface area contributed by atoms with Crippen molar-refractivity contribution in [1.82, 2.24) is 10.3 Å². The Hall–Kier alpha value is -1.09. The minimum atomic E-state index is 0.860. The summed E-state index contributed by atoms with van der Waals surface area (Å²) in [6.07, 6.45) is 5.12. The Morgan fingerprint density at radius 3 is 2.90 bits per heavy atom. The highest BCUT2D eigenvalue weighted by Crippen LogP contribution is 2.22. The summed E-state index contributed by atoms with van der Waals surface area (Å²) in [4.78, 5) is 7.29. The first kappa shape index (κ1) is 15.3. The van der Waals surface area contributed by atoms with Crippen LogP contribution in [-0.2, 0) is 6.54 Å². The molecule has 1 atom stereocenters. The Kier molecular flexibility index (Phi) is 5.84. The monoisotopic (exact) mass is 275 g/mol. The van der Waals surface area contributed by atoms with Crippen LogP contribution < -0.4 is 10.2 Å². The van der Waals surface area contributed by atoms with Gasteiger partial charge in [-0.3, -0.25) is 0 Å². The van der Waals surface area contributed by atoms with E-state index >= 15 is 0 Å². The van der Waals surface area contributed by atoms with Gasteiger partial charge in [-0.1, -0.05) is 19.9 Å². The molecule has 3 heteroatoms.